The molecule has 0 saturated heterocycles. The van der Waals surface area contributed by atoms with Gasteiger partial charge in [0.1, 0.15) is 11.1 Å². The lowest BCUT2D eigenvalue weighted by Crippen LogP contribution is -2.51. The van der Waals surface area contributed by atoms with E-state index < -0.39 is 32.6 Å². The van der Waals surface area contributed by atoms with Gasteiger partial charge in [0.25, 0.3) is 5.69 Å². The van der Waals surface area contributed by atoms with Gasteiger partial charge >= 0.3 is 0 Å². The Bertz CT molecular complexity index is 1020. The van der Waals surface area contributed by atoms with Crippen LogP contribution in [0.25, 0.3) is 0 Å². The van der Waals surface area contributed by atoms with Crippen LogP contribution in [0.15, 0.2) is 47.4 Å². The molecule has 2 aromatic rings. The predicted octanol–water partition coefficient (Wildman–Crippen LogP) is 2.11. The first kappa shape index (κ1) is 19.3. The number of hydrogen-bond donors (Lipinski definition) is 1. The molecule has 0 aromatic heterocycles. The van der Waals surface area contributed by atoms with Crippen LogP contribution in [0.1, 0.15) is 11.1 Å². The van der Waals surface area contributed by atoms with Crippen LogP contribution in [0.5, 0.6) is 0 Å². The first-order valence-electron chi connectivity index (χ1n) is 8.00. The van der Waals surface area contributed by atoms with Crippen molar-refractivity contribution >= 4 is 33.2 Å². The Hall–Kier alpha value is -2.49. The van der Waals surface area contributed by atoms with E-state index in [4.69, 9.17) is 11.6 Å². The van der Waals surface area contributed by atoms with Crippen LogP contribution < -0.4 is 5.32 Å². The number of carbonyl (C=O) groups is 1. The zero-order chi connectivity index (χ0) is 19.8. The van der Waals surface area contributed by atoms with E-state index in [1.165, 1.54) is 19.2 Å². The number of nitrogens with zero attached hydrogens (tertiary/aromatic N) is 2. The molecular weight excluding hydrogens is 394 g/mol. The van der Waals surface area contributed by atoms with Crippen molar-refractivity contribution in [2.75, 3.05) is 7.05 Å². The fourth-order valence-electron chi connectivity index (χ4n) is 3.07. The maximum atomic E-state index is 13.2. The number of amides is 1. The van der Waals surface area contributed by atoms with E-state index in [9.17, 15) is 23.3 Å². The van der Waals surface area contributed by atoms with Crippen molar-refractivity contribution in [2.24, 2.45) is 0 Å². The third kappa shape index (κ3) is 3.53. The topological polar surface area (TPSA) is 110 Å². The zero-order valence-electron chi connectivity index (χ0n) is 14.3. The minimum absolute atomic E-state index is 0.00693. The summed E-state index contributed by atoms with van der Waals surface area (Å²) in [6.45, 7) is -0.00693. The molecule has 1 amide bonds. The summed E-state index contributed by atoms with van der Waals surface area (Å²) in [7, 11) is -2.74. The summed E-state index contributed by atoms with van der Waals surface area (Å²) >= 11 is 5.78. The van der Waals surface area contributed by atoms with Gasteiger partial charge in [-0.25, -0.2) is 8.42 Å². The molecule has 0 fully saturated rings. The van der Waals surface area contributed by atoms with Gasteiger partial charge in [-0.2, -0.15) is 4.31 Å². The van der Waals surface area contributed by atoms with Crippen molar-refractivity contribution in [1.29, 1.82) is 0 Å². The van der Waals surface area contributed by atoms with Crippen LogP contribution in [-0.2, 0) is 27.8 Å². The number of hydrogen-bond acceptors (Lipinski definition) is 5. The van der Waals surface area contributed by atoms with Crippen LogP contribution in [-0.4, -0.2) is 36.6 Å². The number of halogens is 1. The van der Waals surface area contributed by atoms with Crippen molar-refractivity contribution in [1.82, 2.24) is 9.62 Å². The Morgan fingerprint density at radius 2 is 1.93 bits per heavy atom. The largest absolute Gasteiger partial charge is 0.358 e. The van der Waals surface area contributed by atoms with E-state index in [2.05, 4.69) is 5.32 Å². The fraction of sp³-hybridized carbons (Fsp3) is 0.235. The molecule has 1 atom stereocenters. The normalized spacial score (nSPS) is 17.2. The number of benzene rings is 2. The lowest BCUT2D eigenvalue weighted by atomic mass is 9.95. The Kier molecular flexibility index (Phi) is 5.18. The number of sulfonamides is 1. The maximum absolute atomic E-state index is 13.2. The SMILES string of the molecule is CNC(=O)[C@H]1Cc2ccccc2CN1S(=O)(=O)c1ccc(Cl)c([N+](=O)[O-])c1. The molecule has 1 N–H and O–H groups in total. The van der Waals surface area contributed by atoms with Gasteiger partial charge < -0.3 is 5.32 Å². The molecule has 8 nitrogen and oxygen atoms in total. The van der Waals surface area contributed by atoms with E-state index in [-0.39, 0.29) is 22.9 Å². The standard InChI is InChI=1S/C17H16ClN3O5S/c1-19-17(22)16-8-11-4-2-3-5-12(11)10-20(16)27(25,26)13-6-7-14(18)15(9-13)21(23)24/h2-7,9,16H,8,10H2,1H3,(H,19,22)/t16-/m1/s1. The number of likely N-dealkylation sites (N-methyl/N-ethyl adjacent to an activating group) is 1. The van der Waals surface area contributed by atoms with Crippen molar-refractivity contribution in [2.45, 2.75) is 23.9 Å². The van der Waals surface area contributed by atoms with E-state index in [0.717, 1.165) is 21.5 Å². The highest BCUT2D eigenvalue weighted by Gasteiger charge is 2.39. The molecule has 0 aliphatic carbocycles. The third-order valence-corrected chi connectivity index (χ3v) is 6.65. The average Bonchev–Trinajstić information content (AvgIpc) is 2.66. The summed E-state index contributed by atoms with van der Waals surface area (Å²) < 4.78 is 27.5. The van der Waals surface area contributed by atoms with Crippen LogP contribution in [0.3, 0.4) is 0 Å². The quantitative estimate of drug-likeness (QED) is 0.614. The second kappa shape index (κ2) is 7.26. The molecular formula is C17H16ClN3O5S. The first-order chi connectivity index (χ1) is 12.8. The van der Waals surface area contributed by atoms with E-state index >= 15 is 0 Å². The van der Waals surface area contributed by atoms with Gasteiger partial charge in [0.2, 0.25) is 15.9 Å². The van der Waals surface area contributed by atoms with Gasteiger partial charge in [-0.3, -0.25) is 14.9 Å². The predicted molar refractivity (Wildman–Crippen MR) is 98.8 cm³/mol. The van der Waals surface area contributed by atoms with Gasteiger partial charge in [-0.15, -0.1) is 0 Å². The molecule has 0 bridgehead atoms. The van der Waals surface area contributed by atoms with Crippen molar-refractivity contribution in [3.05, 3.63) is 68.7 Å². The average molecular weight is 410 g/mol. The molecule has 1 aliphatic rings. The molecule has 10 heteroatoms. The van der Waals surface area contributed by atoms with Gasteiger partial charge in [-0.1, -0.05) is 35.9 Å². The molecule has 0 radical (unpaired) electrons. The summed E-state index contributed by atoms with van der Waals surface area (Å²) in [4.78, 5) is 22.4. The first-order valence-corrected chi connectivity index (χ1v) is 9.81. The Morgan fingerprint density at radius 3 is 2.56 bits per heavy atom. The molecule has 1 aliphatic heterocycles. The molecule has 3 rings (SSSR count). The smallest absolute Gasteiger partial charge is 0.289 e. The van der Waals surface area contributed by atoms with E-state index in [1.54, 1.807) is 12.1 Å². The Morgan fingerprint density at radius 1 is 1.26 bits per heavy atom. The highest BCUT2D eigenvalue weighted by atomic mass is 35.5. The maximum Gasteiger partial charge on any atom is 0.289 e. The molecule has 2 aromatic carbocycles. The zero-order valence-corrected chi connectivity index (χ0v) is 15.8. The van der Waals surface area contributed by atoms with Gasteiger partial charge in [-0.05, 0) is 29.7 Å². The monoisotopic (exact) mass is 409 g/mol. The number of carbonyl (C=O) groups excluding carboxylic acids is 1. The van der Waals surface area contributed by atoms with Crippen LogP contribution in [0.2, 0.25) is 5.02 Å². The molecule has 0 unspecified atom stereocenters. The number of fused-ring (bicyclic) bond motifs is 1. The van der Waals surface area contributed by atoms with Crippen molar-refractivity contribution in [3.63, 3.8) is 0 Å². The number of nitro benzene ring substituents is 1. The Labute approximate surface area is 160 Å². The summed E-state index contributed by atoms with van der Waals surface area (Å²) in [5.74, 6) is -0.448. The summed E-state index contributed by atoms with van der Waals surface area (Å²) in [6.07, 6.45) is 0.213. The highest BCUT2D eigenvalue weighted by molar-refractivity contribution is 7.89. The summed E-state index contributed by atoms with van der Waals surface area (Å²) in [5.41, 5.74) is 1.16. The second-order valence-electron chi connectivity index (χ2n) is 6.02. The van der Waals surface area contributed by atoms with Crippen LogP contribution >= 0.6 is 11.6 Å². The lowest BCUT2D eigenvalue weighted by Gasteiger charge is -2.34. The minimum atomic E-state index is -4.17. The van der Waals surface area contributed by atoms with Crippen LogP contribution in [0.4, 0.5) is 5.69 Å². The molecule has 142 valence electrons. The van der Waals surface area contributed by atoms with Gasteiger partial charge in [0.15, 0.2) is 0 Å². The summed E-state index contributed by atoms with van der Waals surface area (Å²) in [6, 6.07) is 9.59. The third-order valence-electron chi connectivity index (χ3n) is 4.48. The molecule has 27 heavy (non-hydrogen) atoms. The fourth-order valence-corrected chi connectivity index (χ4v) is 4.84. The lowest BCUT2D eigenvalue weighted by molar-refractivity contribution is -0.384. The van der Waals surface area contributed by atoms with Gasteiger partial charge in [0.05, 0.1) is 9.82 Å². The summed E-state index contributed by atoms with van der Waals surface area (Å²) in [5, 5.41) is 13.4. The van der Waals surface area contributed by atoms with Crippen LogP contribution in [0, 0.1) is 10.1 Å². The van der Waals surface area contributed by atoms with Crippen molar-refractivity contribution < 1.29 is 18.1 Å². The number of rotatable bonds is 4. The van der Waals surface area contributed by atoms with Crippen molar-refractivity contribution in [3.8, 4) is 0 Å². The highest BCUT2D eigenvalue weighted by Crippen LogP contribution is 2.32. The van der Waals surface area contributed by atoms with E-state index in [0.29, 0.717) is 0 Å². The molecule has 0 spiro atoms. The Balaban J connectivity index is 2.10. The number of nitro groups is 1. The number of nitrogens with one attached hydrogen (secondary N) is 1. The second-order valence-corrected chi connectivity index (χ2v) is 8.32. The van der Waals surface area contributed by atoms with E-state index in [1.807, 2.05) is 12.1 Å². The molecule has 1 heterocycles. The van der Waals surface area contributed by atoms with Gasteiger partial charge in [0, 0.05) is 19.7 Å². The minimum Gasteiger partial charge on any atom is -0.358 e. The molecule has 0 saturated carbocycles.